The second kappa shape index (κ2) is 7.00. The van der Waals surface area contributed by atoms with Gasteiger partial charge < -0.3 is 10.1 Å². The maximum absolute atomic E-state index is 12.4. The molecule has 1 amide bonds. The van der Waals surface area contributed by atoms with Crippen LogP contribution in [0.5, 0.6) is 5.75 Å². The first kappa shape index (κ1) is 15.8. The first-order valence-corrected chi connectivity index (χ1v) is 7.75. The van der Waals surface area contributed by atoms with E-state index in [1.807, 2.05) is 48.5 Å². The minimum Gasteiger partial charge on any atom is -0.497 e. The van der Waals surface area contributed by atoms with E-state index in [1.165, 1.54) is 0 Å². The predicted octanol–water partition coefficient (Wildman–Crippen LogP) is 2.89. The molecule has 23 heavy (non-hydrogen) atoms. The normalized spacial score (nSPS) is 20.3. The summed E-state index contributed by atoms with van der Waals surface area (Å²) in [7, 11) is 1.61. The van der Waals surface area contributed by atoms with Gasteiger partial charge in [-0.3, -0.25) is 4.79 Å². The van der Waals surface area contributed by atoms with Crippen molar-refractivity contribution < 1.29 is 9.53 Å². The Morgan fingerprint density at radius 1 is 1.17 bits per heavy atom. The Hall–Kier alpha value is -2.08. The standard InChI is InChI=1S/C17H18ClN3O2/c1-23-12-8-6-11(7-9-12)19-17(22)16-10-15(20-21-16)13-4-2-3-5-14(13)18/h2-9,15-16,20-21H,10H2,1H3,(H,19,22). The van der Waals surface area contributed by atoms with Crippen LogP contribution in [-0.4, -0.2) is 19.1 Å². The van der Waals surface area contributed by atoms with Gasteiger partial charge in [-0.25, -0.2) is 10.9 Å². The highest BCUT2D eigenvalue weighted by atomic mass is 35.5. The van der Waals surface area contributed by atoms with Crippen molar-refractivity contribution in [3.63, 3.8) is 0 Å². The first-order valence-electron chi connectivity index (χ1n) is 7.38. The molecule has 2 unspecified atom stereocenters. The SMILES string of the molecule is COc1ccc(NC(=O)C2CC(c3ccccc3Cl)NN2)cc1. The molecule has 1 saturated heterocycles. The fraction of sp³-hybridized carbons (Fsp3) is 0.235. The van der Waals surface area contributed by atoms with E-state index in [-0.39, 0.29) is 18.0 Å². The molecule has 120 valence electrons. The minimum atomic E-state index is -0.321. The number of anilines is 1. The number of halogens is 1. The van der Waals surface area contributed by atoms with Gasteiger partial charge in [-0.05, 0) is 42.3 Å². The third-order valence-corrected chi connectivity index (χ3v) is 4.20. The number of hydrogen-bond acceptors (Lipinski definition) is 4. The Morgan fingerprint density at radius 2 is 1.91 bits per heavy atom. The van der Waals surface area contributed by atoms with Gasteiger partial charge in [0.25, 0.3) is 0 Å². The number of carbonyl (C=O) groups is 1. The summed E-state index contributed by atoms with van der Waals surface area (Å²) in [6, 6.07) is 14.6. The number of hydrogen-bond donors (Lipinski definition) is 3. The highest BCUT2D eigenvalue weighted by Gasteiger charge is 2.31. The Labute approximate surface area is 140 Å². The van der Waals surface area contributed by atoms with Gasteiger partial charge >= 0.3 is 0 Å². The van der Waals surface area contributed by atoms with Crippen molar-refractivity contribution >= 4 is 23.2 Å². The molecule has 0 saturated carbocycles. The molecule has 6 heteroatoms. The molecule has 2 atom stereocenters. The molecule has 5 nitrogen and oxygen atoms in total. The van der Waals surface area contributed by atoms with Crippen LogP contribution >= 0.6 is 11.6 Å². The largest absolute Gasteiger partial charge is 0.497 e. The number of carbonyl (C=O) groups excluding carboxylic acids is 1. The summed E-state index contributed by atoms with van der Waals surface area (Å²) in [5.41, 5.74) is 7.89. The van der Waals surface area contributed by atoms with Gasteiger partial charge in [0.05, 0.1) is 7.11 Å². The molecule has 2 aromatic carbocycles. The number of hydrazine groups is 1. The van der Waals surface area contributed by atoms with Crippen molar-refractivity contribution in [3.8, 4) is 5.75 Å². The zero-order valence-electron chi connectivity index (χ0n) is 12.7. The third kappa shape index (κ3) is 3.64. The zero-order valence-corrected chi connectivity index (χ0v) is 13.4. The molecular formula is C17H18ClN3O2. The monoisotopic (exact) mass is 331 g/mol. The van der Waals surface area contributed by atoms with Crippen LogP contribution in [0.2, 0.25) is 5.02 Å². The van der Waals surface area contributed by atoms with Crippen LogP contribution in [0.3, 0.4) is 0 Å². The molecule has 1 heterocycles. The van der Waals surface area contributed by atoms with E-state index in [9.17, 15) is 4.79 Å². The van der Waals surface area contributed by atoms with Gasteiger partial charge in [-0.2, -0.15) is 0 Å². The van der Waals surface area contributed by atoms with Gasteiger partial charge in [-0.1, -0.05) is 29.8 Å². The van der Waals surface area contributed by atoms with E-state index in [2.05, 4.69) is 16.2 Å². The molecule has 0 bridgehead atoms. The second-order valence-electron chi connectivity index (χ2n) is 5.37. The lowest BCUT2D eigenvalue weighted by Crippen LogP contribution is -2.39. The van der Waals surface area contributed by atoms with Crippen molar-refractivity contribution in [2.24, 2.45) is 0 Å². The average molecular weight is 332 g/mol. The number of nitrogens with one attached hydrogen (secondary N) is 3. The molecule has 0 aromatic heterocycles. The number of methoxy groups -OCH3 is 1. The van der Waals surface area contributed by atoms with E-state index < -0.39 is 0 Å². The summed E-state index contributed by atoms with van der Waals surface area (Å²) >= 11 is 6.21. The van der Waals surface area contributed by atoms with Crippen molar-refractivity contribution in [2.45, 2.75) is 18.5 Å². The van der Waals surface area contributed by atoms with E-state index in [0.717, 1.165) is 17.0 Å². The molecule has 3 rings (SSSR count). The van der Waals surface area contributed by atoms with E-state index >= 15 is 0 Å². The van der Waals surface area contributed by atoms with E-state index in [4.69, 9.17) is 16.3 Å². The lowest BCUT2D eigenvalue weighted by molar-refractivity contribution is -0.117. The van der Waals surface area contributed by atoms with Crippen LogP contribution in [0.4, 0.5) is 5.69 Å². The molecule has 1 fully saturated rings. The molecular weight excluding hydrogens is 314 g/mol. The number of benzene rings is 2. The van der Waals surface area contributed by atoms with Gasteiger partial charge in [-0.15, -0.1) is 0 Å². The van der Waals surface area contributed by atoms with Crippen molar-refractivity contribution in [3.05, 3.63) is 59.1 Å². The third-order valence-electron chi connectivity index (χ3n) is 3.86. The lowest BCUT2D eigenvalue weighted by atomic mass is 10.0. The molecule has 1 aliphatic heterocycles. The zero-order chi connectivity index (χ0) is 16.2. The first-order chi connectivity index (χ1) is 11.2. The van der Waals surface area contributed by atoms with Crippen molar-refractivity contribution in [2.75, 3.05) is 12.4 Å². The molecule has 2 aromatic rings. The molecule has 0 radical (unpaired) electrons. The topological polar surface area (TPSA) is 62.4 Å². The van der Waals surface area contributed by atoms with E-state index in [1.54, 1.807) is 7.11 Å². The fourth-order valence-corrected chi connectivity index (χ4v) is 2.86. The summed E-state index contributed by atoms with van der Waals surface area (Å²) in [5, 5.41) is 3.59. The van der Waals surface area contributed by atoms with Gasteiger partial charge in [0.15, 0.2) is 0 Å². The van der Waals surface area contributed by atoms with E-state index in [0.29, 0.717) is 11.4 Å². The minimum absolute atomic E-state index is 0.00955. The maximum Gasteiger partial charge on any atom is 0.242 e. The lowest BCUT2D eigenvalue weighted by Gasteiger charge is -2.12. The second-order valence-corrected chi connectivity index (χ2v) is 5.78. The van der Waals surface area contributed by atoms with Gasteiger partial charge in [0.2, 0.25) is 5.91 Å². The summed E-state index contributed by atoms with van der Waals surface area (Å²) in [6.45, 7) is 0. The Bertz CT molecular complexity index is 690. The van der Waals surface area contributed by atoms with Crippen molar-refractivity contribution in [1.29, 1.82) is 0 Å². The smallest absolute Gasteiger partial charge is 0.242 e. The quantitative estimate of drug-likeness (QED) is 0.806. The summed E-state index contributed by atoms with van der Waals surface area (Å²) in [5.74, 6) is 0.666. The maximum atomic E-state index is 12.4. The highest BCUT2D eigenvalue weighted by Crippen LogP contribution is 2.28. The van der Waals surface area contributed by atoms with Crippen LogP contribution in [0.25, 0.3) is 0 Å². The van der Waals surface area contributed by atoms with Crippen molar-refractivity contribution in [1.82, 2.24) is 10.9 Å². The molecule has 3 N–H and O–H groups in total. The van der Waals surface area contributed by atoms with Gasteiger partial charge in [0.1, 0.15) is 11.8 Å². The van der Waals surface area contributed by atoms with Crippen LogP contribution in [-0.2, 0) is 4.79 Å². The average Bonchev–Trinajstić information content (AvgIpc) is 3.06. The predicted molar refractivity (Wildman–Crippen MR) is 90.5 cm³/mol. The number of amides is 1. The molecule has 0 aliphatic carbocycles. The number of ether oxygens (including phenoxy) is 1. The summed E-state index contributed by atoms with van der Waals surface area (Å²) in [4.78, 5) is 12.4. The fourth-order valence-electron chi connectivity index (χ4n) is 2.59. The van der Waals surface area contributed by atoms with Crippen LogP contribution < -0.4 is 20.9 Å². The highest BCUT2D eigenvalue weighted by molar-refractivity contribution is 6.31. The summed E-state index contributed by atoms with van der Waals surface area (Å²) in [6.07, 6.45) is 0.631. The van der Waals surface area contributed by atoms with Gasteiger partial charge in [0, 0.05) is 16.8 Å². The Kier molecular flexibility index (Phi) is 4.81. The van der Waals surface area contributed by atoms with Crippen LogP contribution in [0.15, 0.2) is 48.5 Å². The summed E-state index contributed by atoms with van der Waals surface area (Å²) < 4.78 is 5.10. The van der Waals surface area contributed by atoms with Crippen LogP contribution in [0, 0.1) is 0 Å². The molecule has 1 aliphatic rings. The molecule has 0 spiro atoms. The Morgan fingerprint density at radius 3 is 2.61 bits per heavy atom. The Balaban J connectivity index is 1.62. The number of rotatable bonds is 4. The van der Waals surface area contributed by atoms with Crippen LogP contribution in [0.1, 0.15) is 18.0 Å².